The van der Waals surface area contributed by atoms with E-state index in [2.05, 4.69) is 19.2 Å². The van der Waals surface area contributed by atoms with E-state index in [9.17, 15) is 4.79 Å². The molecule has 1 N–H and O–H groups in total. The van der Waals surface area contributed by atoms with Crippen LogP contribution in [0.1, 0.15) is 52.9 Å². The van der Waals surface area contributed by atoms with Crippen molar-refractivity contribution < 1.29 is 14.3 Å². The molecule has 2 unspecified atom stereocenters. The van der Waals surface area contributed by atoms with Crippen LogP contribution >= 0.6 is 0 Å². The largest absolute Gasteiger partial charge is 0.466 e. The van der Waals surface area contributed by atoms with E-state index in [1.165, 1.54) is 0 Å². The SMILES string of the molecule is CCCNC1(CC(=O)OCC)CCOC(CC)C1. The van der Waals surface area contributed by atoms with Crippen molar-refractivity contribution in [2.45, 2.75) is 64.5 Å². The van der Waals surface area contributed by atoms with E-state index >= 15 is 0 Å². The Kier molecular flexibility index (Phi) is 6.65. The van der Waals surface area contributed by atoms with Gasteiger partial charge in [-0.15, -0.1) is 0 Å². The van der Waals surface area contributed by atoms with Crippen molar-refractivity contribution >= 4 is 5.97 Å². The molecule has 0 aromatic carbocycles. The van der Waals surface area contributed by atoms with Crippen molar-refractivity contribution in [3.05, 3.63) is 0 Å². The Balaban J connectivity index is 2.64. The Hall–Kier alpha value is -0.610. The Morgan fingerprint density at radius 3 is 2.83 bits per heavy atom. The van der Waals surface area contributed by atoms with E-state index < -0.39 is 0 Å². The van der Waals surface area contributed by atoms with Crippen LogP contribution in [0.2, 0.25) is 0 Å². The number of carbonyl (C=O) groups excluding carboxylic acids is 1. The first-order valence-electron chi connectivity index (χ1n) is 7.18. The average molecular weight is 257 g/mol. The van der Waals surface area contributed by atoms with Crippen LogP contribution in [0.4, 0.5) is 0 Å². The topological polar surface area (TPSA) is 47.6 Å². The summed E-state index contributed by atoms with van der Waals surface area (Å²) in [7, 11) is 0. The molecule has 0 bridgehead atoms. The van der Waals surface area contributed by atoms with Gasteiger partial charge in [0.15, 0.2) is 0 Å². The summed E-state index contributed by atoms with van der Waals surface area (Å²) in [4.78, 5) is 11.8. The minimum absolute atomic E-state index is 0.0992. The van der Waals surface area contributed by atoms with Gasteiger partial charge in [-0.1, -0.05) is 13.8 Å². The Labute approximate surface area is 110 Å². The second-order valence-corrected chi connectivity index (χ2v) is 5.04. The molecule has 2 atom stereocenters. The van der Waals surface area contributed by atoms with Crippen molar-refractivity contribution in [2.75, 3.05) is 19.8 Å². The molecule has 0 spiro atoms. The molecule has 1 rings (SSSR count). The number of nitrogens with one attached hydrogen (secondary N) is 1. The fraction of sp³-hybridized carbons (Fsp3) is 0.929. The van der Waals surface area contributed by atoms with Gasteiger partial charge in [-0.05, 0) is 39.2 Å². The van der Waals surface area contributed by atoms with Crippen molar-refractivity contribution in [2.24, 2.45) is 0 Å². The molecule has 0 aliphatic carbocycles. The van der Waals surface area contributed by atoms with Gasteiger partial charge in [-0.25, -0.2) is 0 Å². The Bertz CT molecular complexity index is 257. The van der Waals surface area contributed by atoms with Crippen LogP contribution < -0.4 is 5.32 Å². The van der Waals surface area contributed by atoms with Crippen molar-refractivity contribution in [3.63, 3.8) is 0 Å². The minimum Gasteiger partial charge on any atom is -0.466 e. The van der Waals surface area contributed by atoms with E-state index in [0.717, 1.165) is 38.8 Å². The maximum Gasteiger partial charge on any atom is 0.307 e. The predicted molar refractivity (Wildman–Crippen MR) is 71.5 cm³/mol. The lowest BCUT2D eigenvalue weighted by molar-refractivity contribution is -0.146. The van der Waals surface area contributed by atoms with E-state index in [0.29, 0.717) is 13.0 Å². The molecule has 1 saturated heterocycles. The molecule has 0 aromatic heterocycles. The highest BCUT2D eigenvalue weighted by molar-refractivity contribution is 5.71. The molecule has 106 valence electrons. The van der Waals surface area contributed by atoms with Crippen LogP contribution in [0.25, 0.3) is 0 Å². The van der Waals surface area contributed by atoms with E-state index in [1.54, 1.807) is 0 Å². The maximum atomic E-state index is 11.8. The lowest BCUT2D eigenvalue weighted by atomic mass is 9.82. The molecule has 4 nitrogen and oxygen atoms in total. The number of hydrogen-bond acceptors (Lipinski definition) is 4. The second-order valence-electron chi connectivity index (χ2n) is 5.04. The minimum atomic E-state index is -0.124. The first kappa shape index (κ1) is 15.4. The third kappa shape index (κ3) is 4.58. The standard InChI is InChI=1S/C14H27NO3/c1-4-8-15-14(11-13(16)17-6-3)7-9-18-12(5-2)10-14/h12,15H,4-11H2,1-3H3. The fourth-order valence-corrected chi connectivity index (χ4v) is 2.54. The van der Waals surface area contributed by atoms with E-state index in [1.807, 2.05) is 6.92 Å². The van der Waals surface area contributed by atoms with Crippen molar-refractivity contribution in [3.8, 4) is 0 Å². The van der Waals surface area contributed by atoms with Gasteiger partial charge < -0.3 is 14.8 Å². The van der Waals surface area contributed by atoms with Crippen molar-refractivity contribution in [1.29, 1.82) is 0 Å². The van der Waals surface area contributed by atoms with Crippen LogP contribution in [0.5, 0.6) is 0 Å². The van der Waals surface area contributed by atoms with Gasteiger partial charge in [0.05, 0.1) is 19.1 Å². The molecule has 1 heterocycles. The smallest absolute Gasteiger partial charge is 0.307 e. The molecule has 0 amide bonds. The zero-order chi connectivity index (χ0) is 13.4. The summed E-state index contributed by atoms with van der Waals surface area (Å²) < 4.78 is 10.8. The zero-order valence-electron chi connectivity index (χ0n) is 12.0. The van der Waals surface area contributed by atoms with Gasteiger partial charge in [0.25, 0.3) is 0 Å². The van der Waals surface area contributed by atoms with Crippen LogP contribution in [0, 0.1) is 0 Å². The van der Waals surface area contributed by atoms with Gasteiger partial charge in [-0.3, -0.25) is 4.79 Å². The normalized spacial score (nSPS) is 28.1. The summed E-state index contributed by atoms with van der Waals surface area (Å²) in [6.45, 7) is 8.25. The van der Waals surface area contributed by atoms with Gasteiger partial charge in [0.1, 0.15) is 0 Å². The molecule has 1 aliphatic heterocycles. The molecule has 0 aromatic rings. The van der Waals surface area contributed by atoms with Gasteiger partial charge in [0, 0.05) is 12.1 Å². The van der Waals surface area contributed by atoms with Crippen molar-refractivity contribution in [1.82, 2.24) is 5.32 Å². The number of carbonyl (C=O) groups is 1. The first-order chi connectivity index (χ1) is 8.65. The van der Waals surface area contributed by atoms with Gasteiger partial charge in [-0.2, -0.15) is 0 Å². The number of hydrogen-bond donors (Lipinski definition) is 1. The monoisotopic (exact) mass is 257 g/mol. The summed E-state index contributed by atoms with van der Waals surface area (Å²) in [6.07, 6.45) is 4.59. The first-order valence-corrected chi connectivity index (χ1v) is 7.18. The Morgan fingerprint density at radius 1 is 1.44 bits per heavy atom. The molecule has 18 heavy (non-hydrogen) atoms. The summed E-state index contributed by atoms with van der Waals surface area (Å²) in [6, 6.07) is 0. The van der Waals surface area contributed by atoms with E-state index in [-0.39, 0.29) is 17.6 Å². The molecular formula is C14H27NO3. The quantitative estimate of drug-likeness (QED) is 0.711. The lowest BCUT2D eigenvalue weighted by Gasteiger charge is -2.41. The summed E-state index contributed by atoms with van der Waals surface area (Å²) >= 11 is 0. The highest BCUT2D eigenvalue weighted by atomic mass is 16.5. The number of rotatable bonds is 7. The number of ether oxygens (including phenoxy) is 2. The molecule has 1 fully saturated rings. The highest BCUT2D eigenvalue weighted by Gasteiger charge is 2.38. The molecule has 4 heteroatoms. The lowest BCUT2D eigenvalue weighted by Crippen LogP contribution is -2.53. The predicted octanol–water partition coefficient (Wildman–Crippen LogP) is 2.27. The summed E-state index contributed by atoms with van der Waals surface area (Å²) in [5, 5.41) is 3.56. The second kappa shape index (κ2) is 7.74. The molecule has 0 radical (unpaired) electrons. The third-order valence-corrected chi connectivity index (χ3v) is 3.55. The van der Waals surface area contributed by atoms with Crippen LogP contribution in [-0.2, 0) is 14.3 Å². The third-order valence-electron chi connectivity index (χ3n) is 3.55. The fourth-order valence-electron chi connectivity index (χ4n) is 2.54. The average Bonchev–Trinajstić information content (AvgIpc) is 2.37. The van der Waals surface area contributed by atoms with Gasteiger partial charge in [0.2, 0.25) is 0 Å². The van der Waals surface area contributed by atoms with Gasteiger partial charge >= 0.3 is 5.97 Å². The summed E-state index contributed by atoms with van der Waals surface area (Å²) in [5.41, 5.74) is -0.124. The molecular weight excluding hydrogens is 230 g/mol. The number of esters is 1. The molecule has 1 aliphatic rings. The van der Waals surface area contributed by atoms with Crippen LogP contribution in [0.3, 0.4) is 0 Å². The Morgan fingerprint density at radius 2 is 2.22 bits per heavy atom. The maximum absolute atomic E-state index is 11.8. The summed E-state index contributed by atoms with van der Waals surface area (Å²) in [5.74, 6) is -0.0992. The van der Waals surface area contributed by atoms with E-state index in [4.69, 9.17) is 9.47 Å². The van der Waals surface area contributed by atoms with Crippen LogP contribution in [0.15, 0.2) is 0 Å². The van der Waals surface area contributed by atoms with Crippen LogP contribution in [-0.4, -0.2) is 37.4 Å². The molecule has 0 saturated carbocycles. The highest BCUT2D eigenvalue weighted by Crippen LogP contribution is 2.30. The zero-order valence-corrected chi connectivity index (χ0v) is 12.0.